The Morgan fingerprint density at radius 2 is 1.70 bits per heavy atom. The molecule has 1 fully saturated rings. The summed E-state index contributed by atoms with van der Waals surface area (Å²) in [5.41, 5.74) is 4.10. The van der Waals surface area contributed by atoms with Crippen LogP contribution in [0.4, 0.5) is 5.82 Å². The van der Waals surface area contributed by atoms with Gasteiger partial charge in [-0.2, -0.15) is 4.98 Å². The van der Waals surface area contributed by atoms with Gasteiger partial charge < -0.3 is 54.8 Å². The summed E-state index contributed by atoms with van der Waals surface area (Å²) in [6.07, 6.45) is -6.30. The number of nitrogens with zero attached hydrogens (tertiary/aromatic N) is 2. The summed E-state index contributed by atoms with van der Waals surface area (Å²) in [5, 5.41) is 29.0. The Bertz CT molecular complexity index is 1120. The van der Waals surface area contributed by atoms with Crippen LogP contribution in [0.5, 0.6) is 5.75 Å². The van der Waals surface area contributed by atoms with Gasteiger partial charge in [0.2, 0.25) is 0 Å². The smallest absolute Gasteiger partial charge is 0.415 e. The van der Waals surface area contributed by atoms with Gasteiger partial charge in [0.25, 0.3) is 0 Å². The van der Waals surface area contributed by atoms with Gasteiger partial charge in [-0.25, -0.2) is 9.36 Å². The Morgan fingerprint density at radius 1 is 1.18 bits per heavy atom. The normalized spacial score (nSPS) is 26.1. The van der Waals surface area contributed by atoms with E-state index in [1.54, 1.807) is 0 Å². The lowest BCUT2D eigenvalue weighted by Gasteiger charge is -2.34. The number of rotatable bonds is 8. The molecule has 2 rings (SSSR count). The van der Waals surface area contributed by atoms with Crippen molar-refractivity contribution in [2.45, 2.75) is 36.1 Å². The summed E-state index contributed by atoms with van der Waals surface area (Å²) in [7, 11) is -19.3. The lowest BCUT2D eigenvalue weighted by Crippen LogP contribution is -2.39. The van der Waals surface area contributed by atoms with Crippen molar-refractivity contribution >= 4 is 34.4 Å². The van der Waals surface area contributed by atoms with Crippen molar-refractivity contribution in [1.82, 2.24) is 9.55 Å². The van der Waals surface area contributed by atoms with E-state index >= 15 is 0 Å². The zero-order valence-electron chi connectivity index (χ0n) is 16.3. The van der Waals surface area contributed by atoms with Crippen LogP contribution in [0.15, 0.2) is 11.0 Å². The van der Waals surface area contributed by atoms with Gasteiger partial charge in [-0.15, -0.1) is 0 Å². The van der Waals surface area contributed by atoms with E-state index in [1.807, 2.05) is 0 Å². The molecule has 33 heavy (non-hydrogen) atoms. The number of nitrogens with two attached hydrogens (primary N) is 1. The average Bonchev–Trinajstić information content (AvgIpc) is 2.89. The molecule has 0 amide bonds. The fourth-order valence-electron chi connectivity index (χ4n) is 3.13. The number of ketones is 1. The second kappa shape index (κ2) is 8.92. The second-order valence-electron chi connectivity index (χ2n) is 6.80. The lowest BCUT2D eigenvalue weighted by atomic mass is 10.1. The molecule has 0 saturated carbocycles. The number of aliphatic hydroxyl groups excluding tert-OH is 3. The van der Waals surface area contributed by atoms with Crippen LogP contribution in [-0.2, 0) is 23.2 Å². The number of hydrogen-bond donors (Lipinski definition) is 9. The summed E-state index contributed by atoms with van der Waals surface area (Å²) >= 11 is 0. The van der Waals surface area contributed by atoms with Crippen LogP contribution in [-0.4, -0.2) is 84.7 Å². The highest BCUT2D eigenvalue weighted by molar-refractivity contribution is 7.91. The number of nitrogen functional groups attached to an aromatic ring is 1. The molecule has 18 nitrogen and oxygen atoms in total. The molecule has 1 aromatic heterocycles. The summed E-state index contributed by atoms with van der Waals surface area (Å²) in [6.45, 7) is -0.571. The Hall–Kier alpha value is -1.52. The van der Waals surface area contributed by atoms with Crippen LogP contribution in [0.1, 0.15) is 13.2 Å². The van der Waals surface area contributed by atoms with Crippen molar-refractivity contribution in [2.24, 2.45) is 0 Å². The number of aliphatic hydroxyl groups is 3. The molecular formula is C12H20N3O15P3. The maximum atomic E-state index is 12.8. The molecule has 1 saturated heterocycles. The Kier molecular flexibility index (Phi) is 7.50. The predicted octanol–water partition coefficient (Wildman–Crippen LogP) is -3.40. The van der Waals surface area contributed by atoms with E-state index in [0.29, 0.717) is 10.8 Å². The minimum Gasteiger partial charge on any atom is -0.417 e. The molecule has 1 aromatic rings. The van der Waals surface area contributed by atoms with Gasteiger partial charge >= 0.3 is 33.1 Å². The van der Waals surface area contributed by atoms with Crippen LogP contribution in [0.3, 0.4) is 0 Å². The quantitative estimate of drug-likeness (QED) is 0.145. The van der Waals surface area contributed by atoms with Crippen LogP contribution < -0.4 is 15.9 Å². The van der Waals surface area contributed by atoms with Gasteiger partial charge in [-0.05, 0) is 6.92 Å². The van der Waals surface area contributed by atoms with Crippen LogP contribution >= 0.6 is 22.8 Å². The number of aromatic nitrogens is 2. The van der Waals surface area contributed by atoms with E-state index < -0.39 is 81.6 Å². The summed E-state index contributed by atoms with van der Waals surface area (Å²) in [4.78, 5) is 75.5. The van der Waals surface area contributed by atoms with Crippen LogP contribution in [0.25, 0.3) is 0 Å². The lowest BCUT2D eigenvalue weighted by molar-refractivity contribution is -0.116. The molecule has 10 N–H and O–H groups in total. The SMILES string of the molecule is CC(=O)C(P(=O)(O)O)(P(=O)(O)O)P(=O)(O)Oc1cn([C@@H]2O[C@H](CO)[C@@H](O)[C@H]2O)c(=O)nc1N. The first-order valence-electron chi connectivity index (χ1n) is 8.49. The van der Waals surface area contributed by atoms with Crippen molar-refractivity contribution in [3.63, 3.8) is 0 Å². The number of hydrogen-bond acceptors (Lipinski definition) is 12. The summed E-state index contributed by atoms with van der Waals surface area (Å²) in [5.74, 6) is -4.30. The van der Waals surface area contributed by atoms with Crippen molar-refractivity contribution in [2.75, 3.05) is 12.3 Å². The minimum atomic E-state index is -6.44. The monoisotopic (exact) mass is 539 g/mol. The number of anilines is 1. The van der Waals surface area contributed by atoms with Gasteiger partial charge in [0.1, 0.15) is 18.3 Å². The summed E-state index contributed by atoms with van der Waals surface area (Å²) in [6, 6.07) is 0. The third-order valence-corrected chi connectivity index (χ3v) is 13.1. The van der Waals surface area contributed by atoms with E-state index in [1.165, 1.54) is 0 Å². The van der Waals surface area contributed by atoms with Crippen molar-refractivity contribution in [3.05, 3.63) is 16.7 Å². The standard InChI is InChI=1S/C12H20N3O15P3/c1-4(17)12(31(21,22)23,32(24,25)26)33(27,28)30-5-2-15(11(20)14-9(5)13)10-8(19)7(18)6(3-16)29-10/h2,6-8,10,16,18-19H,3H2,1H3,(H,27,28)(H2,13,14,20)(H2,21,22,23)(H2,24,25,26)/t6-,7-,8-,10-/m1/s1. The zero-order chi connectivity index (χ0) is 25.7. The van der Waals surface area contributed by atoms with E-state index in [2.05, 4.69) is 9.51 Å². The number of carbonyl (C=O) groups is 1. The molecule has 21 heteroatoms. The third-order valence-electron chi connectivity index (χ3n) is 4.64. The topological polar surface area (TPSA) is 309 Å². The molecule has 188 valence electrons. The predicted molar refractivity (Wildman–Crippen MR) is 104 cm³/mol. The highest BCUT2D eigenvalue weighted by Gasteiger charge is 2.77. The van der Waals surface area contributed by atoms with Crippen LogP contribution in [0, 0.1) is 0 Å². The van der Waals surface area contributed by atoms with Gasteiger partial charge in [-0.1, -0.05) is 0 Å². The molecule has 0 aliphatic carbocycles. The fraction of sp³-hybridized carbons (Fsp3) is 0.583. The first kappa shape index (κ1) is 27.7. The van der Waals surface area contributed by atoms with Crippen molar-refractivity contribution < 1.29 is 67.5 Å². The van der Waals surface area contributed by atoms with E-state index in [0.717, 1.165) is 0 Å². The Morgan fingerprint density at radius 3 is 2.09 bits per heavy atom. The van der Waals surface area contributed by atoms with Gasteiger partial charge in [0, 0.05) is 0 Å². The molecule has 2 heterocycles. The highest BCUT2D eigenvalue weighted by atomic mass is 31.3. The number of Topliss-reactive ketones (excluding diaryl/α,β-unsaturated/α-hetero) is 1. The van der Waals surface area contributed by atoms with E-state index in [9.17, 15) is 58.0 Å². The first-order valence-corrected chi connectivity index (χ1v) is 13.3. The molecule has 0 bridgehead atoms. The molecule has 1 unspecified atom stereocenters. The number of ether oxygens (including phenoxy) is 1. The molecule has 0 spiro atoms. The molecule has 0 aromatic carbocycles. The Balaban J connectivity index is 2.67. The first-order chi connectivity index (χ1) is 14.8. The zero-order valence-corrected chi connectivity index (χ0v) is 19.0. The van der Waals surface area contributed by atoms with Crippen LogP contribution in [0.2, 0.25) is 0 Å². The largest absolute Gasteiger partial charge is 0.417 e. The minimum absolute atomic E-state index is 0.228. The molecule has 1 aliphatic rings. The third kappa shape index (κ3) is 4.46. The van der Waals surface area contributed by atoms with Gasteiger partial charge in [0.15, 0.2) is 23.6 Å². The van der Waals surface area contributed by atoms with Gasteiger partial charge in [0.05, 0.1) is 12.8 Å². The maximum absolute atomic E-state index is 12.8. The molecule has 0 radical (unpaired) electrons. The van der Waals surface area contributed by atoms with E-state index in [-0.39, 0.29) is 6.92 Å². The molecule has 1 aliphatic heterocycles. The molecular weight excluding hydrogens is 519 g/mol. The summed E-state index contributed by atoms with van der Waals surface area (Å²) < 4.78 is 42.0. The molecule has 5 atom stereocenters. The average molecular weight is 539 g/mol. The van der Waals surface area contributed by atoms with Gasteiger partial charge in [-0.3, -0.25) is 18.5 Å². The fourth-order valence-corrected chi connectivity index (χ4v) is 9.12. The maximum Gasteiger partial charge on any atom is 0.415 e. The number of carbonyl (C=O) groups excluding carboxylic acids is 1. The van der Waals surface area contributed by atoms with E-state index in [4.69, 9.17) is 15.6 Å². The van der Waals surface area contributed by atoms with Crippen molar-refractivity contribution in [3.8, 4) is 5.75 Å². The van der Waals surface area contributed by atoms with Crippen molar-refractivity contribution in [1.29, 1.82) is 0 Å². The second-order valence-corrected chi connectivity index (χ2v) is 13.3. The highest BCUT2D eigenvalue weighted by Crippen LogP contribution is 2.84. The Labute approximate surface area is 183 Å².